The summed E-state index contributed by atoms with van der Waals surface area (Å²) in [5.41, 5.74) is 2.48. The Kier molecular flexibility index (Phi) is 5.81. The number of anilines is 1. The van der Waals surface area contributed by atoms with Gasteiger partial charge in [0, 0.05) is 6.54 Å². The quantitative estimate of drug-likeness (QED) is 0.674. The maximum atomic E-state index is 4.56. The number of fused-ring (bicyclic) bond motifs is 1. The molecule has 0 aliphatic heterocycles. The second-order valence-corrected chi connectivity index (χ2v) is 7.04. The van der Waals surface area contributed by atoms with Crippen LogP contribution in [-0.2, 0) is 0 Å². The summed E-state index contributed by atoms with van der Waals surface area (Å²) in [5.74, 6) is 0.930. The lowest BCUT2D eigenvalue weighted by molar-refractivity contribution is 0.292. The van der Waals surface area contributed by atoms with Gasteiger partial charge in [0.05, 0.1) is 11.9 Å². The third-order valence-electron chi connectivity index (χ3n) is 4.30. The maximum absolute atomic E-state index is 4.56. The lowest BCUT2D eigenvalue weighted by Gasteiger charge is -2.23. The number of imidazole rings is 1. The lowest BCUT2D eigenvalue weighted by atomic mass is 9.83. The van der Waals surface area contributed by atoms with Crippen LogP contribution < -0.4 is 5.32 Å². The first-order valence-electron chi connectivity index (χ1n) is 8.57. The number of rotatable bonds is 9. The zero-order chi connectivity index (χ0) is 16.0. The van der Waals surface area contributed by atoms with Gasteiger partial charge < -0.3 is 5.32 Å². The molecule has 0 saturated carbocycles. The summed E-state index contributed by atoms with van der Waals surface area (Å²) in [6, 6.07) is 4.02. The molecular weight excluding hydrogens is 272 g/mol. The zero-order valence-electron chi connectivity index (χ0n) is 14.5. The molecule has 22 heavy (non-hydrogen) atoms. The van der Waals surface area contributed by atoms with Crippen LogP contribution in [0.3, 0.4) is 0 Å². The first-order chi connectivity index (χ1) is 10.5. The molecule has 0 unspecified atom stereocenters. The van der Waals surface area contributed by atoms with Gasteiger partial charge in [0.1, 0.15) is 5.82 Å². The molecule has 0 aliphatic rings. The molecule has 0 bridgehead atoms. The predicted molar refractivity (Wildman–Crippen MR) is 93.4 cm³/mol. The van der Waals surface area contributed by atoms with E-state index in [1.807, 2.05) is 29.8 Å². The highest BCUT2D eigenvalue weighted by Crippen LogP contribution is 2.28. The number of hydrogen-bond acceptors (Lipinski definition) is 3. The van der Waals surface area contributed by atoms with Crippen molar-refractivity contribution in [2.75, 3.05) is 11.9 Å². The largest absolute Gasteiger partial charge is 0.369 e. The van der Waals surface area contributed by atoms with Crippen LogP contribution in [-0.4, -0.2) is 21.1 Å². The smallest absolute Gasteiger partial charge is 0.153 e. The summed E-state index contributed by atoms with van der Waals surface area (Å²) in [5, 5.41) is 7.98. The SMILES string of the molecule is CCCC(C)(C)CCCCCNc1ccc2ncc(C)n2n1. The first-order valence-corrected chi connectivity index (χ1v) is 8.57. The summed E-state index contributed by atoms with van der Waals surface area (Å²) < 4.78 is 1.88. The van der Waals surface area contributed by atoms with Crippen molar-refractivity contribution >= 4 is 11.5 Å². The van der Waals surface area contributed by atoms with Crippen LogP contribution in [0.1, 0.15) is 65.0 Å². The molecule has 0 atom stereocenters. The van der Waals surface area contributed by atoms with Crippen molar-refractivity contribution in [3.8, 4) is 0 Å². The van der Waals surface area contributed by atoms with E-state index >= 15 is 0 Å². The van der Waals surface area contributed by atoms with Gasteiger partial charge in [-0.05, 0) is 43.7 Å². The molecule has 0 amide bonds. The molecule has 2 aromatic rings. The highest BCUT2D eigenvalue weighted by Gasteiger charge is 2.15. The molecule has 4 nitrogen and oxygen atoms in total. The Morgan fingerprint density at radius 3 is 2.73 bits per heavy atom. The van der Waals surface area contributed by atoms with Crippen molar-refractivity contribution < 1.29 is 0 Å². The van der Waals surface area contributed by atoms with Gasteiger partial charge in [0.25, 0.3) is 0 Å². The van der Waals surface area contributed by atoms with Crippen molar-refractivity contribution in [1.82, 2.24) is 14.6 Å². The van der Waals surface area contributed by atoms with E-state index in [4.69, 9.17) is 0 Å². The normalized spacial score (nSPS) is 12.0. The topological polar surface area (TPSA) is 42.2 Å². The van der Waals surface area contributed by atoms with Crippen LogP contribution in [0, 0.1) is 12.3 Å². The van der Waals surface area contributed by atoms with E-state index < -0.39 is 0 Å². The molecule has 0 spiro atoms. The van der Waals surface area contributed by atoms with Crippen LogP contribution >= 0.6 is 0 Å². The number of aryl methyl sites for hydroxylation is 1. The van der Waals surface area contributed by atoms with Crippen LogP contribution in [0.2, 0.25) is 0 Å². The predicted octanol–water partition coefficient (Wildman–Crippen LogP) is 4.84. The number of nitrogens with zero attached hydrogens (tertiary/aromatic N) is 3. The molecule has 0 aromatic carbocycles. The van der Waals surface area contributed by atoms with Crippen molar-refractivity contribution in [2.45, 2.75) is 66.2 Å². The fourth-order valence-corrected chi connectivity index (χ4v) is 3.01. The van der Waals surface area contributed by atoms with Crippen LogP contribution in [0.5, 0.6) is 0 Å². The third kappa shape index (κ3) is 4.72. The number of unbranched alkanes of at least 4 members (excludes halogenated alkanes) is 2. The standard InChI is InChI=1S/C18H30N4/c1-5-11-18(3,4)12-7-6-8-13-19-16-9-10-17-20-14-15(2)22(17)21-16/h9-10,14H,5-8,11-13H2,1-4H3,(H,19,21). The Balaban J connectivity index is 1.69. The Hall–Kier alpha value is -1.58. The lowest BCUT2D eigenvalue weighted by Crippen LogP contribution is -2.11. The average Bonchev–Trinajstić information content (AvgIpc) is 2.84. The van der Waals surface area contributed by atoms with E-state index in [0.717, 1.165) is 23.7 Å². The molecule has 2 aromatic heterocycles. The molecule has 0 radical (unpaired) electrons. The van der Waals surface area contributed by atoms with Gasteiger partial charge in [-0.25, -0.2) is 9.50 Å². The molecule has 1 N–H and O–H groups in total. The average molecular weight is 302 g/mol. The third-order valence-corrected chi connectivity index (χ3v) is 4.30. The molecule has 0 fully saturated rings. The van der Waals surface area contributed by atoms with Crippen molar-refractivity contribution in [3.63, 3.8) is 0 Å². The second kappa shape index (κ2) is 7.61. The van der Waals surface area contributed by atoms with Gasteiger partial charge in [0.15, 0.2) is 5.65 Å². The van der Waals surface area contributed by atoms with Crippen LogP contribution in [0.25, 0.3) is 5.65 Å². The molecule has 122 valence electrons. The second-order valence-electron chi connectivity index (χ2n) is 7.04. The van der Waals surface area contributed by atoms with E-state index in [1.165, 1.54) is 38.5 Å². The molecule has 0 saturated heterocycles. The number of hydrogen-bond donors (Lipinski definition) is 1. The zero-order valence-corrected chi connectivity index (χ0v) is 14.5. The minimum absolute atomic E-state index is 0.508. The Morgan fingerprint density at radius 1 is 1.14 bits per heavy atom. The molecular formula is C18H30N4. The molecule has 2 heterocycles. The van der Waals surface area contributed by atoms with Crippen molar-refractivity contribution in [1.29, 1.82) is 0 Å². The van der Waals surface area contributed by atoms with Gasteiger partial charge in [-0.15, -0.1) is 5.10 Å². The fourth-order valence-electron chi connectivity index (χ4n) is 3.01. The number of nitrogens with one attached hydrogen (secondary N) is 1. The van der Waals surface area contributed by atoms with E-state index in [-0.39, 0.29) is 0 Å². The monoisotopic (exact) mass is 302 g/mol. The summed E-state index contributed by atoms with van der Waals surface area (Å²) >= 11 is 0. The Bertz CT molecular complexity index is 586. The van der Waals surface area contributed by atoms with Crippen LogP contribution in [0.4, 0.5) is 5.82 Å². The van der Waals surface area contributed by atoms with Gasteiger partial charge in [0.2, 0.25) is 0 Å². The maximum Gasteiger partial charge on any atom is 0.153 e. The molecule has 2 rings (SSSR count). The number of aromatic nitrogens is 3. The summed E-state index contributed by atoms with van der Waals surface area (Å²) in [6.07, 6.45) is 9.61. The molecule has 4 heteroatoms. The Morgan fingerprint density at radius 2 is 1.95 bits per heavy atom. The minimum atomic E-state index is 0.508. The van der Waals surface area contributed by atoms with Crippen molar-refractivity contribution in [2.24, 2.45) is 5.41 Å². The van der Waals surface area contributed by atoms with E-state index in [9.17, 15) is 0 Å². The van der Waals surface area contributed by atoms with Gasteiger partial charge >= 0.3 is 0 Å². The Labute approximate surface area is 134 Å². The minimum Gasteiger partial charge on any atom is -0.369 e. The van der Waals surface area contributed by atoms with E-state index in [0.29, 0.717) is 5.41 Å². The summed E-state index contributed by atoms with van der Waals surface area (Å²) in [6.45, 7) is 10.1. The van der Waals surface area contributed by atoms with Crippen molar-refractivity contribution in [3.05, 3.63) is 24.0 Å². The summed E-state index contributed by atoms with van der Waals surface area (Å²) in [4.78, 5) is 4.29. The van der Waals surface area contributed by atoms with Gasteiger partial charge in [-0.1, -0.05) is 40.0 Å². The van der Waals surface area contributed by atoms with E-state index in [1.54, 1.807) is 0 Å². The fraction of sp³-hybridized carbons (Fsp3) is 0.667. The van der Waals surface area contributed by atoms with E-state index in [2.05, 4.69) is 36.2 Å². The molecule has 0 aliphatic carbocycles. The highest BCUT2D eigenvalue weighted by molar-refractivity contribution is 5.45. The van der Waals surface area contributed by atoms with Gasteiger partial charge in [-0.2, -0.15) is 0 Å². The van der Waals surface area contributed by atoms with Gasteiger partial charge in [-0.3, -0.25) is 0 Å². The van der Waals surface area contributed by atoms with Crippen LogP contribution in [0.15, 0.2) is 18.3 Å². The highest BCUT2D eigenvalue weighted by atomic mass is 15.3. The first kappa shape index (κ1) is 16.8. The summed E-state index contributed by atoms with van der Waals surface area (Å²) in [7, 11) is 0.